The van der Waals surface area contributed by atoms with Gasteiger partial charge in [0.15, 0.2) is 0 Å². The van der Waals surface area contributed by atoms with Crippen molar-refractivity contribution < 1.29 is 5.11 Å². The first-order valence-electron chi connectivity index (χ1n) is 6.98. The number of hydrogen-bond acceptors (Lipinski definition) is 2. The van der Waals surface area contributed by atoms with Crippen LogP contribution in [0.2, 0.25) is 0 Å². The van der Waals surface area contributed by atoms with E-state index in [1.54, 1.807) is 0 Å². The number of aliphatic hydroxyl groups is 1. The molecule has 2 N–H and O–H groups in total. The Morgan fingerprint density at radius 2 is 1.61 bits per heavy atom. The summed E-state index contributed by atoms with van der Waals surface area (Å²) in [6.45, 7) is 8.76. The monoisotopic (exact) mass is 249 g/mol. The van der Waals surface area contributed by atoms with Gasteiger partial charge in [0.2, 0.25) is 0 Å². The van der Waals surface area contributed by atoms with Gasteiger partial charge in [0, 0.05) is 12.1 Å². The normalized spacial score (nSPS) is 15.1. The van der Waals surface area contributed by atoms with E-state index in [9.17, 15) is 5.11 Å². The Bertz CT molecular complexity index is 311. The van der Waals surface area contributed by atoms with Gasteiger partial charge in [0.1, 0.15) is 0 Å². The lowest BCUT2D eigenvalue weighted by atomic mass is 9.95. The van der Waals surface area contributed by atoms with Crippen molar-refractivity contribution >= 4 is 0 Å². The molecular formula is C16H27NO. The molecule has 0 aliphatic heterocycles. The lowest BCUT2D eigenvalue weighted by Gasteiger charge is -2.25. The maximum absolute atomic E-state index is 10.3. The molecule has 0 radical (unpaired) electrons. The average molecular weight is 249 g/mol. The second kappa shape index (κ2) is 7.55. The molecule has 1 rings (SSSR count). The summed E-state index contributed by atoms with van der Waals surface area (Å²) in [5.41, 5.74) is 1.01. The van der Waals surface area contributed by atoms with E-state index in [4.69, 9.17) is 0 Å². The van der Waals surface area contributed by atoms with Crippen LogP contribution in [0.5, 0.6) is 0 Å². The Morgan fingerprint density at radius 1 is 1.00 bits per heavy atom. The topological polar surface area (TPSA) is 32.3 Å². The molecule has 1 aromatic carbocycles. The fourth-order valence-corrected chi connectivity index (χ4v) is 2.35. The predicted molar refractivity (Wildman–Crippen MR) is 77.5 cm³/mol. The summed E-state index contributed by atoms with van der Waals surface area (Å²) in [4.78, 5) is 0. The maximum atomic E-state index is 10.3. The molecule has 102 valence electrons. The Hall–Kier alpha value is -0.860. The van der Waals surface area contributed by atoms with Crippen LogP contribution in [0, 0.1) is 5.92 Å². The highest BCUT2D eigenvalue weighted by Gasteiger charge is 2.17. The SMILES string of the molecule is CC(C)C[C@@H](C[C@H](O)c1ccccc1)NC(C)C. The van der Waals surface area contributed by atoms with Gasteiger partial charge in [-0.05, 0) is 24.3 Å². The predicted octanol–water partition coefficient (Wildman–Crippen LogP) is 3.52. The van der Waals surface area contributed by atoms with Gasteiger partial charge in [-0.3, -0.25) is 0 Å². The van der Waals surface area contributed by atoms with Crippen molar-refractivity contribution in [2.45, 2.75) is 58.7 Å². The molecule has 2 atom stereocenters. The van der Waals surface area contributed by atoms with E-state index in [2.05, 4.69) is 33.0 Å². The van der Waals surface area contributed by atoms with Gasteiger partial charge >= 0.3 is 0 Å². The average Bonchev–Trinajstić information content (AvgIpc) is 2.28. The van der Waals surface area contributed by atoms with E-state index in [1.165, 1.54) is 0 Å². The molecule has 0 fully saturated rings. The molecule has 0 spiro atoms. The molecular weight excluding hydrogens is 222 g/mol. The van der Waals surface area contributed by atoms with Gasteiger partial charge in [-0.25, -0.2) is 0 Å². The molecule has 0 aromatic heterocycles. The molecule has 2 heteroatoms. The van der Waals surface area contributed by atoms with Gasteiger partial charge in [0.05, 0.1) is 6.10 Å². The van der Waals surface area contributed by atoms with E-state index >= 15 is 0 Å². The first-order chi connectivity index (χ1) is 8.49. The lowest BCUT2D eigenvalue weighted by Crippen LogP contribution is -2.37. The second-order valence-corrected chi connectivity index (χ2v) is 5.81. The summed E-state index contributed by atoms with van der Waals surface area (Å²) in [6.07, 6.45) is 1.50. The summed E-state index contributed by atoms with van der Waals surface area (Å²) >= 11 is 0. The van der Waals surface area contributed by atoms with Crippen molar-refractivity contribution in [1.82, 2.24) is 5.32 Å². The quantitative estimate of drug-likeness (QED) is 0.775. The Kier molecular flexibility index (Phi) is 6.37. The minimum absolute atomic E-state index is 0.374. The third kappa shape index (κ3) is 5.65. The number of nitrogens with one attached hydrogen (secondary N) is 1. The number of aliphatic hydroxyl groups excluding tert-OH is 1. The van der Waals surface area contributed by atoms with Crippen LogP contribution in [-0.2, 0) is 0 Å². The van der Waals surface area contributed by atoms with Crippen LogP contribution in [0.3, 0.4) is 0 Å². The summed E-state index contributed by atoms with van der Waals surface area (Å²) in [7, 11) is 0. The molecule has 0 unspecified atom stereocenters. The van der Waals surface area contributed by atoms with Crippen LogP contribution in [0.1, 0.15) is 52.2 Å². The zero-order chi connectivity index (χ0) is 13.5. The van der Waals surface area contributed by atoms with Crippen molar-refractivity contribution in [3.05, 3.63) is 35.9 Å². The van der Waals surface area contributed by atoms with Crippen LogP contribution in [0.15, 0.2) is 30.3 Å². The Morgan fingerprint density at radius 3 is 2.11 bits per heavy atom. The van der Waals surface area contributed by atoms with Gasteiger partial charge in [-0.15, -0.1) is 0 Å². The minimum Gasteiger partial charge on any atom is -0.388 e. The molecule has 0 heterocycles. The Labute approximate surface area is 111 Å². The maximum Gasteiger partial charge on any atom is 0.0804 e. The Balaban J connectivity index is 2.59. The number of hydrogen-bond donors (Lipinski definition) is 2. The second-order valence-electron chi connectivity index (χ2n) is 5.81. The zero-order valence-electron chi connectivity index (χ0n) is 12.1. The van der Waals surface area contributed by atoms with Crippen LogP contribution < -0.4 is 5.32 Å². The van der Waals surface area contributed by atoms with E-state index < -0.39 is 0 Å². The third-order valence-electron chi connectivity index (χ3n) is 3.02. The van der Waals surface area contributed by atoms with Crippen molar-refractivity contribution in [3.63, 3.8) is 0 Å². The van der Waals surface area contributed by atoms with Crippen molar-refractivity contribution in [2.24, 2.45) is 5.92 Å². The van der Waals surface area contributed by atoms with Crippen LogP contribution >= 0.6 is 0 Å². The molecule has 1 aromatic rings. The van der Waals surface area contributed by atoms with Crippen LogP contribution in [0.25, 0.3) is 0 Å². The zero-order valence-corrected chi connectivity index (χ0v) is 12.1. The van der Waals surface area contributed by atoms with Crippen molar-refractivity contribution in [3.8, 4) is 0 Å². The van der Waals surface area contributed by atoms with E-state index in [0.717, 1.165) is 18.4 Å². The van der Waals surface area contributed by atoms with Gasteiger partial charge in [0.25, 0.3) is 0 Å². The van der Waals surface area contributed by atoms with Gasteiger partial charge in [-0.2, -0.15) is 0 Å². The molecule has 0 bridgehead atoms. The largest absolute Gasteiger partial charge is 0.388 e. The molecule has 2 nitrogen and oxygen atoms in total. The fraction of sp³-hybridized carbons (Fsp3) is 0.625. The number of benzene rings is 1. The summed E-state index contributed by atoms with van der Waals surface area (Å²) in [5, 5.41) is 13.8. The van der Waals surface area contributed by atoms with Gasteiger partial charge < -0.3 is 10.4 Å². The first-order valence-corrected chi connectivity index (χ1v) is 6.98. The van der Waals surface area contributed by atoms with Crippen LogP contribution in [0.4, 0.5) is 0 Å². The van der Waals surface area contributed by atoms with E-state index in [1.807, 2.05) is 30.3 Å². The lowest BCUT2D eigenvalue weighted by molar-refractivity contribution is 0.144. The summed E-state index contributed by atoms with van der Waals surface area (Å²) in [6, 6.07) is 10.8. The molecule has 0 saturated carbocycles. The highest BCUT2D eigenvalue weighted by Crippen LogP contribution is 2.21. The molecule has 18 heavy (non-hydrogen) atoms. The minimum atomic E-state index is -0.374. The van der Waals surface area contributed by atoms with Crippen LogP contribution in [-0.4, -0.2) is 17.2 Å². The molecule has 0 aliphatic carbocycles. The smallest absolute Gasteiger partial charge is 0.0804 e. The molecule has 0 amide bonds. The van der Waals surface area contributed by atoms with E-state index in [0.29, 0.717) is 18.0 Å². The summed E-state index contributed by atoms with van der Waals surface area (Å²) < 4.78 is 0. The molecule has 0 aliphatic rings. The standard InChI is InChI=1S/C16H27NO/c1-12(2)10-15(17-13(3)4)11-16(18)14-8-6-5-7-9-14/h5-9,12-13,15-18H,10-11H2,1-4H3/t15-,16-/m0/s1. The fourth-order valence-electron chi connectivity index (χ4n) is 2.35. The van der Waals surface area contributed by atoms with Crippen molar-refractivity contribution in [1.29, 1.82) is 0 Å². The highest BCUT2D eigenvalue weighted by atomic mass is 16.3. The van der Waals surface area contributed by atoms with Gasteiger partial charge in [-0.1, -0.05) is 58.0 Å². The molecule has 0 saturated heterocycles. The number of rotatable bonds is 7. The van der Waals surface area contributed by atoms with Crippen molar-refractivity contribution in [2.75, 3.05) is 0 Å². The van der Waals surface area contributed by atoms with E-state index in [-0.39, 0.29) is 6.10 Å². The third-order valence-corrected chi connectivity index (χ3v) is 3.02. The highest BCUT2D eigenvalue weighted by molar-refractivity contribution is 5.17. The summed E-state index contributed by atoms with van der Waals surface area (Å²) in [5.74, 6) is 0.643. The first kappa shape index (κ1) is 15.2.